The van der Waals surface area contributed by atoms with Crippen molar-refractivity contribution in [2.24, 2.45) is 11.3 Å². The van der Waals surface area contributed by atoms with Gasteiger partial charge in [0.25, 0.3) is 0 Å². The Morgan fingerprint density at radius 2 is 1.48 bits per heavy atom. The summed E-state index contributed by atoms with van der Waals surface area (Å²) in [6, 6.07) is 12.1. The van der Waals surface area contributed by atoms with E-state index in [1.165, 1.54) is 22.3 Å². The molecule has 0 aliphatic heterocycles. The number of aromatic hydroxyl groups is 2. The van der Waals surface area contributed by atoms with Crippen LogP contribution in [0, 0.1) is 32.1 Å². The number of carbonyl (C=O) groups excluding carboxylic acids is 1. The fraction of sp³-hybridized carbons (Fsp3) is 0.361. The number of Topliss-reactive ketones (excluding diaryl/α,β-unsaturated/α-hetero) is 1. The number of carbonyl (C=O) groups is 1. The normalized spacial score (nSPS) is 28.1. The maximum absolute atomic E-state index is 14.5. The van der Waals surface area contributed by atoms with Crippen molar-refractivity contribution < 1.29 is 20.1 Å². The number of hydrogen-bond donors (Lipinski definition) is 3. The van der Waals surface area contributed by atoms with Crippen molar-refractivity contribution in [3.05, 3.63) is 99.1 Å². The van der Waals surface area contributed by atoms with E-state index in [0.29, 0.717) is 12.2 Å². The zero-order chi connectivity index (χ0) is 28.3. The van der Waals surface area contributed by atoms with Crippen LogP contribution >= 0.6 is 0 Å². The van der Waals surface area contributed by atoms with Gasteiger partial charge in [0.05, 0.1) is 5.41 Å². The summed E-state index contributed by atoms with van der Waals surface area (Å²) in [5.74, 6) is -0.0144. The Hall–Kier alpha value is -3.63. The average molecular weight is 533 g/mol. The molecule has 3 aromatic rings. The molecule has 0 saturated heterocycles. The van der Waals surface area contributed by atoms with E-state index < -0.39 is 11.0 Å². The molecular formula is C36H36O4. The van der Waals surface area contributed by atoms with E-state index in [0.717, 1.165) is 70.2 Å². The van der Waals surface area contributed by atoms with E-state index in [9.17, 15) is 20.1 Å². The van der Waals surface area contributed by atoms with Crippen LogP contribution in [0.25, 0.3) is 16.7 Å². The fourth-order valence-electron chi connectivity index (χ4n) is 8.76. The zero-order valence-corrected chi connectivity index (χ0v) is 23.7. The second kappa shape index (κ2) is 8.20. The quantitative estimate of drug-likeness (QED) is 0.317. The molecule has 4 heteroatoms. The number of aliphatic hydroxyl groups is 1. The third-order valence-corrected chi connectivity index (χ3v) is 10.9. The standard InChI is InChI=1S/C36H36O4/c1-6-36-30(27-16-28-21(15-18(27)2)7-8-22-19(3)31(37)13-11-24(22)28)17-29(35(5,40)34(36)39)26-10-9-23-20(4)32(38)14-12-25(23)33(26)36/h6,11-16,29-30,37-38,40H,1,7-10,17H2,2-5H3/t29-,30+,35-,36+/m0/s1. The summed E-state index contributed by atoms with van der Waals surface area (Å²) in [5, 5.41) is 32.6. The Kier molecular flexibility index (Phi) is 5.20. The minimum absolute atomic E-state index is 0.171. The second-order valence-electron chi connectivity index (χ2n) is 12.6. The Morgan fingerprint density at radius 1 is 0.850 bits per heavy atom. The zero-order valence-electron chi connectivity index (χ0n) is 23.7. The summed E-state index contributed by atoms with van der Waals surface area (Å²) in [6.07, 6.45) is 5.84. The largest absolute Gasteiger partial charge is 0.508 e. The average Bonchev–Trinajstić information content (AvgIpc) is 2.94. The number of phenols is 2. The number of fused-ring (bicyclic) bond motifs is 6. The van der Waals surface area contributed by atoms with E-state index in [4.69, 9.17) is 0 Å². The van der Waals surface area contributed by atoms with Gasteiger partial charge in [0, 0.05) is 11.8 Å². The molecule has 4 nitrogen and oxygen atoms in total. The number of aryl methyl sites for hydroxylation is 2. The van der Waals surface area contributed by atoms with Crippen LogP contribution in [0.4, 0.5) is 0 Å². The molecule has 204 valence electrons. The van der Waals surface area contributed by atoms with Crippen LogP contribution in [-0.2, 0) is 24.1 Å². The summed E-state index contributed by atoms with van der Waals surface area (Å²) in [5.41, 5.74) is 10.6. The Morgan fingerprint density at radius 3 is 2.15 bits per heavy atom. The Bertz CT molecular complexity index is 1700. The minimum atomic E-state index is -1.46. The van der Waals surface area contributed by atoms with Gasteiger partial charge in [-0.2, -0.15) is 0 Å². The van der Waals surface area contributed by atoms with E-state index >= 15 is 0 Å². The fourth-order valence-corrected chi connectivity index (χ4v) is 8.76. The summed E-state index contributed by atoms with van der Waals surface area (Å²) < 4.78 is 0. The molecule has 0 heterocycles. The van der Waals surface area contributed by atoms with Gasteiger partial charge in [-0.3, -0.25) is 4.79 Å². The minimum Gasteiger partial charge on any atom is -0.508 e. The molecule has 40 heavy (non-hydrogen) atoms. The highest BCUT2D eigenvalue weighted by molar-refractivity contribution is 6.10. The number of ketones is 1. The predicted molar refractivity (Wildman–Crippen MR) is 158 cm³/mol. The number of rotatable bonds is 2. The van der Waals surface area contributed by atoms with Crippen molar-refractivity contribution in [2.45, 2.75) is 71.3 Å². The highest BCUT2D eigenvalue weighted by Crippen LogP contribution is 2.67. The van der Waals surface area contributed by atoms with Crippen LogP contribution in [0.3, 0.4) is 0 Å². The van der Waals surface area contributed by atoms with Crippen LogP contribution < -0.4 is 0 Å². The van der Waals surface area contributed by atoms with Gasteiger partial charge in [0.1, 0.15) is 17.1 Å². The van der Waals surface area contributed by atoms with Gasteiger partial charge in [0.2, 0.25) is 0 Å². The van der Waals surface area contributed by atoms with Crippen LogP contribution in [0.5, 0.6) is 11.5 Å². The Balaban J connectivity index is 1.48. The topological polar surface area (TPSA) is 77.8 Å². The lowest BCUT2D eigenvalue weighted by Gasteiger charge is -2.59. The van der Waals surface area contributed by atoms with E-state index in [1.54, 1.807) is 19.1 Å². The lowest BCUT2D eigenvalue weighted by molar-refractivity contribution is -0.154. The maximum atomic E-state index is 14.5. The van der Waals surface area contributed by atoms with Gasteiger partial charge in [-0.15, -0.1) is 6.58 Å². The summed E-state index contributed by atoms with van der Waals surface area (Å²) in [4.78, 5) is 14.5. The molecule has 0 amide bonds. The number of hydrogen-bond acceptors (Lipinski definition) is 4. The van der Waals surface area contributed by atoms with Crippen molar-refractivity contribution in [1.82, 2.24) is 0 Å². The molecule has 0 unspecified atom stereocenters. The molecule has 2 bridgehead atoms. The Labute approximate surface area is 235 Å². The molecule has 0 aromatic heterocycles. The molecule has 3 N–H and O–H groups in total. The lowest BCUT2D eigenvalue weighted by Crippen LogP contribution is -2.62. The summed E-state index contributed by atoms with van der Waals surface area (Å²) in [6.45, 7) is 12.0. The van der Waals surface area contributed by atoms with Crippen molar-refractivity contribution in [1.29, 1.82) is 0 Å². The van der Waals surface area contributed by atoms with Crippen molar-refractivity contribution >= 4 is 11.4 Å². The molecular weight excluding hydrogens is 496 g/mol. The predicted octanol–water partition coefficient (Wildman–Crippen LogP) is 6.80. The molecule has 3 aromatic carbocycles. The van der Waals surface area contributed by atoms with Gasteiger partial charge >= 0.3 is 0 Å². The number of phenolic OH excluding ortho intramolecular Hbond substituents is 2. The molecule has 0 spiro atoms. The van der Waals surface area contributed by atoms with Gasteiger partial charge in [-0.1, -0.05) is 35.9 Å². The van der Waals surface area contributed by atoms with Crippen LogP contribution in [0.1, 0.15) is 70.2 Å². The molecule has 8 rings (SSSR count). The summed E-state index contributed by atoms with van der Waals surface area (Å²) in [7, 11) is 0. The SMILES string of the molecule is C=C[C@@]12C(=O)[C@@](C)(O)[C@@H](C[C@@H]1c1cc3c(cc1C)CCc1c-3ccc(O)c1C)C1=C2c2ccc(O)c(C)c2CC1. The number of benzene rings is 3. The van der Waals surface area contributed by atoms with Gasteiger partial charge in [-0.25, -0.2) is 0 Å². The molecule has 5 aliphatic rings. The van der Waals surface area contributed by atoms with E-state index in [2.05, 4.69) is 25.6 Å². The highest BCUT2D eigenvalue weighted by atomic mass is 16.3. The van der Waals surface area contributed by atoms with Crippen molar-refractivity contribution in [3.63, 3.8) is 0 Å². The lowest BCUT2D eigenvalue weighted by atomic mass is 9.44. The van der Waals surface area contributed by atoms with Crippen molar-refractivity contribution in [2.75, 3.05) is 0 Å². The molecule has 1 saturated carbocycles. The first-order valence-electron chi connectivity index (χ1n) is 14.4. The first kappa shape index (κ1) is 25.3. The third-order valence-electron chi connectivity index (χ3n) is 10.9. The molecule has 1 fully saturated rings. The highest BCUT2D eigenvalue weighted by Gasteiger charge is 2.66. The van der Waals surface area contributed by atoms with Crippen molar-refractivity contribution in [3.8, 4) is 22.6 Å². The first-order chi connectivity index (χ1) is 19.0. The summed E-state index contributed by atoms with van der Waals surface area (Å²) >= 11 is 0. The van der Waals surface area contributed by atoms with Gasteiger partial charge < -0.3 is 15.3 Å². The van der Waals surface area contributed by atoms with E-state index in [-0.39, 0.29) is 23.4 Å². The van der Waals surface area contributed by atoms with Gasteiger partial charge in [-0.05, 0) is 133 Å². The number of allylic oxidation sites excluding steroid dienone is 2. The maximum Gasteiger partial charge on any atom is 0.179 e. The molecule has 0 radical (unpaired) electrons. The van der Waals surface area contributed by atoms with Crippen LogP contribution in [-0.4, -0.2) is 26.7 Å². The second-order valence-corrected chi connectivity index (χ2v) is 12.6. The first-order valence-corrected chi connectivity index (χ1v) is 14.4. The van der Waals surface area contributed by atoms with Crippen LogP contribution in [0.2, 0.25) is 0 Å². The van der Waals surface area contributed by atoms with E-state index in [1.807, 2.05) is 32.1 Å². The van der Waals surface area contributed by atoms with Crippen LogP contribution in [0.15, 0.2) is 54.6 Å². The smallest absolute Gasteiger partial charge is 0.179 e. The molecule has 4 atom stereocenters. The monoisotopic (exact) mass is 532 g/mol. The van der Waals surface area contributed by atoms with Gasteiger partial charge in [0.15, 0.2) is 5.78 Å². The molecule has 5 aliphatic carbocycles. The third kappa shape index (κ3) is 2.98.